The second-order valence-electron chi connectivity index (χ2n) is 16.7. The minimum atomic E-state index is -0.781. The van der Waals surface area contributed by atoms with Crippen LogP contribution in [0, 0.1) is 0 Å². The van der Waals surface area contributed by atoms with Gasteiger partial charge in [0.25, 0.3) is 0 Å². The molecule has 0 heterocycles. The molecule has 1 unspecified atom stereocenters. The maximum atomic E-state index is 12.7. The van der Waals surface area contributed by atoms with Crippen molar-refractivity contribution in [3.63, 3.8) is 0 Å². The average Bonchev–Trinajstić information content (AvgIpc) is 3.22. The quantitative estimate of drug-likeness (QED) is 0.0264. The molecule has 0 rings (SSSR count). The summed E-state index contributed by atoms with van der Waals surface area (Å²) < 4.78 is 16.7. The zero-order chi connectivity index (χ0) is 42.3. The van der Waals surface area contributed by atoms with E-state index in [-0.39, 0.29) is 31.1 Å². The van der Waals surface area contributed by atoms with Crippen molar-refractivity contribution in [3.8, 4) is 0 Å². The van der Waals surface area contributed by atoms with Crippen molar-refractivity contribution >= 4 is 17.9 Å². The lowest BCUT2D eigenvalue weighted by Crippen LogP contribution is -2.30. The van der Waals surface area contributed by atoms with Crippen molar-refractivity contribution in [1.29, 1.82) is 0 Å². The lowest BCUT2D eigenvalue weighted by molar-refractivity contribution is -0.167. The Kier molecular flexibility index (Phi) is 45.4. The number of hydrogen-bond acceptors (Lipinski definition) is 6. The van der Waals surface area contributed by atoms with E-state index in [1.165, 1.54) is 135 Å². The molecule has 338 valence electrons. The fourth-order valence-electron chi connectivity index (χ4n) is 7.01. The summed E-state index contributed by atoms with van der Waals surface area (Å²) in [5.74, 6) is -0.905. The Bertz CT molecular complexity index is 984. The van der Waals surface area contributed by atoms with Crippen LogP contribution in [0.25, 0.3) is 0 Å². The Morgan fingerprint density at radius 2 is 0.569 bits per heavy atom. The highest BCUT2D eigenvalue weighted by Crippen LogP contribution is 2.14. The first kappa shape index (κ1) is 55.6. The molecule has 0 spiro atoms. The third kappa shape index (κ3) is 44.7. The van der Waals surface area contributed by atoms with Gasteiger partial charge in [0.1, 0.15) is 13.2 Å². The van der Waals surface area contributed by atoms with Gasteiger partial charge in [0.05, 0.1) is 0 Å². The van der Waals surface area contributed by atoms with Crippen LogP contribution in [0.1, 0.15) is 258 Å². The summed E-state index contributed by atoms with van der Waals surface area (Å²) in [4.78, 5) is 37.9. The molecule has 0 aliphatic heterocycles. The van der Waals surface area contributed by atoms with Gasteiger partial charge in [-0.2, -0.15) is 0 Å². The Labute approximate surface area is 359 Å². The van der Waals surface area contributed by atoms with E-state index >= 15 is 0 Å². The van der Waals surface area contributed by atoms with Gasteiger partial charge in [0.15, 0.2) is 6.10 Å². The fraction of sp³-hybridized carbons (Fsp3) is 0.827. The summed E-state index contributed by atoms with van der Waals surface area (Å²) in [6.45, 7) is 6.59. The van der Waals surface area contributed by atoms with E-state index < -0.39 is 6.10 Å². The minimum Gasteiger partial charge on any atom is -0.462 e. The summed E-state index contributed by atoms with van der Waals surface area (Å²) in [6.07, 6.45) is 54.0. The van der Waals surface area contributed by atoms with Crippen molar-refractivity contribution in [3.05, 3.63) is 36.5 Å². The van der Waals surface area contributed by atoms with Gasteiger partial charge < -0.3 is 14.2 Å². The van der Waals surface area contributed by atoms with Crippen molar-refractivity contribution in [2.75, 3.05) is 13.2 Å². The summed E-state index contributed by atoms with van der Waals surface area (Å²) in [5.41, 5.74) is 0. The van der Waals surface area contributed by atoms with Gasteiger partial charge in [0.2, 0.25) is 0 Å². The zero-order valence-corrected chi connectivity index (χ0v) is 38.6. The van der Waals surface area contributed by atoms with Crippen LogP contribution in [-0.4, -0.2) is 37.2 Å². The molecule has 0 radical (unpaired) electrons. The fourth-order valence-corrected chi connectivity index (χ4v) is 7.01. The maximum absolute atomic E-state index is 12.7. The standard InChI is InChI=1S/C52H94O6/c1-4-7-10-13-16-19-22-25-28-30-33-36-39-42-45-51(54)57-48-49(58-52(55)46-43-40-37-34-31-27-24-21-18-15-12-9-6-3)47-56-50(53)44-41-38-35-32-29-26-23-20-17-14-11-8-5-2/h20,22-25,27,49H,4-19,21,26,28-48H2,1-3H3. The van der Waals surface area contributed by atoms with Crippen LogP contribution in [0.15, 0.2) is 36.5 Å². The Balaban J connectivity index is 4.40. The lowest BCUT2D eigenvalue weighted by atomic mass is 10.1. The largest absolute Gasteiger partial charge is 0.462 e. The first-order chi connectivity index (χ1) is 28.5. The number of carbonyl (C=O) groups excluding carboxylic acids is 3. The van der Waals surface area contributed by atoms with E-state index in [0.29, 0.717) is 19.3 Å². The van der Waals surface area contributed by atoms with Gasteiger partial charge >= 0.3 is 17.9 Å². The van der Waals surface area contributed by atoms with Gasteiger partial charge in [-0.15, -0.1) is 0 Å². The van der Waals surface area contributed by atoms with Crippen LogP contribution in [0.5, 0.6) is 0 Å². The smallest absolute Gasteiger partial charge is 0.306 e. The number of allylic oxidation sites excluding steroid dienone is 6. The van der Waals surface area contributed by atoms with Crippen LogP contribution >= 0.6 is 0 Å². The second-order valence-corrected chi connectivity index (χ2v) is 16.7. The first-order valence-corrected chi connectivity index (χ1v) is 25.0. The van der Waals surface area contributed by atoms with Crippen molar-refractivity contribution in [2.24, 2.45) is 0 Å². The number of unbranched alkanes of at least 4 members (excludes halogenated alkanes) is 28. The normalized spacial score (nSPS) is 12.3. The van der Waals surface area contributed by atoms with Crippen LogP contribution in [0.4, 0.5) is 0 Å². The Morgan fingerprint density at radius 1 is 0.328 bits per heavy atom. The van der Waals surface area contributed by atoms with Crippen molar-refractivity contribution in [1.82, 2.24) is 0 Å². The number of carbonyl (C=O) groups is 3. The molecule has 0 saturated heterocycles. The monoisotopic (exact) mass is 815 g/mol. The topological polar surface area (TPSA) is 78.9 Å². The highest BCUT2D eigenvalue weighted by molar-refractivity contribution is 5.71. The molecule has 0 fully saturated rings. The molecule has 1 atom stereocenters. The van der Waals surface area contributed by atoms with Crippen molar-refractivity contribution in [2.45, 2.75) is 264 Å². The van der Waals surface area contributed by atoms with E-state index in [0.717, 1.165) is 83.5 Å². The molecule has 0 N–H and O–H groups in total. The molecule has 0 bridgehead atoms. The first-order valence-electron chi connectivity index (χ1n) is 25.0. The average molecular weight is 815 g/mol. The number of ether oxygens (including phenoxy) is 3. The van der Waals surface area contributed by atoms with Crippen LogP contribution in [0.2, 0.25) is 0 Å². The third-order valence-corrected chi connectivity index (χ3v) is 10.8. The van der Waals surface area contributed by atoms with Crippen LogP contribution < -0.4 is 0 Å². The molecule has 0 aliphatic rings. The van der Waals surface area contributed by atoms with E-state index in [2.05, 4.69) is 57.2 Å². The molecule has 58 heavy (non-hydrogen) atoms. The van der Waals surface area contributed by atoms with Crippen LogP contribution in [0.3, 0.4) is 0 Å². The molecule has 6 nitrogen and oxygen atoms in total. The second kappa shape index (κ2) is 47.3. The molecule has 0 aromatic heterocycles. The summed E-state index contributed by atoms with van der Waals surface area (Å²) in [6, 6.07) is 0. The molecule has 0 saturated carbocycles. The SMILES string of the molecule is CCCCCCC=CCCCCCCCC(=O)OCC(COC(=O)CCCCCCCC=CCCCCCCC)OC(=O)CCCCCCC=CCCCCCCC. The van der Waals surface area contributed by atoms with Gasteiger partial charge in [0, 0.05) is 19.3 Å². The molecule has 0 amide bonds. The molecule has 0 aliphatic carbocycles. The van der Waals surface area contributed by atoms with Gasteiger partial charge in [-0.1, -0.05) is 179 Å². The summed E-state index contributed by atoms with van der Waals surface area (Å²) >= 11 is 0. The number of hydrogen-bond donors (Lipinski definition) is 0. The van der Waals surface area contributed by atoms with Crippen LogP contribution in [-0.2, 0) is 28.6 Å². The maximum Gasteiger partial charge on any atom is 0.306 e. The summed E-state index contributed by atoms with van der Waals surface area (Å²) in [7, 11) is 0. The van der Waals surface area contributed by atoms with Gasteiger partial charge in [-0.25, -0.2) is 0 Å². The minimum absolute atomic E-state index is 0.0824. The third-order valence-electron chi connectivity index (χ3n) is 10.8. The van der Waals surface area contributed by atoms with Gasteiger partial charge in [-0.05, 0) is 96.3 Å². The predicted molar refractivity (Wildman–Crippen MR) is 247 cm³/mol. The van der Waals surface area contributed by atoms with E-state index in [1.54, 1.807) is 0 Å². The molecule has 0 aromatic carbocycles. The molecule has 6 heteroatoms. The molecular formula is C52H94O6. The highest BCUT2D eigenvalue weighted by atomic mass is 16.6. The van der Waals surface area contributed by atoms with E-state index in [4.69, 9.17) is 14.2 Å². The van der Waals surface area contributed by atoms with Gasteiger partial charge in [-0.3, -0.25) is 14.4 Å². The predicted octanol–water partition coefficient (Wildman–Crippen LogP) is 16.1. The number of esters is 3. The Morgan fingerprint density at radius 3 is 0.879 bits per heavy atom. The van der Waals surface area contributed by atoms with E-state index in [1.807, 2.05) is 0 Å². The van der Waals surface area contributed by atoms with Crippen molar-refractivity contribution < 1.29 is 28.6 Å². The lowest BCUT2D eigenvalue weighted by Gasteiger charge is -2.18. The summed E-state index contributed by atoms with van der Waals surface area (Å²) in [5, 5.41) is 0. The number of rotatable bonds is 45. The van der Waals surface area contributed by atoms with E-state index in [9.17, 15) is 14.4 Å². The molecule has 0 aromatic rings. The highest BCUT2D eigenvalue weighted by Gasteiger charge is 2.19. The molecular weight excluding hydrogens is 721 g/mol. The Hall–Kier alpha value is -2.37. The zero-order valence-electron chi connectivity index (χ0n) is 38.6.